The number of rotatable bonds is 1. The van der Waals surface area contributed by atoms with Crippen molar-refractivity contribution < 1.29 is 0 Å². The fourth-order valence-electron chi connectivity index (χ4n) is 0.974. The van der Waals surface area contributed by atoms with Gasteiger partial charge in [0.1, 0.15) is 0 Å². The van der Waals surface area contributed by atoms with Gasteiger partial charge in [-0.15, -0.1) is 17.5 Å². The smallest absolute Gasteiger partial charge is 0.0796 e. The van der Waals surface area contributed by atoms with Crippen molar-refractivity contribution in [1.29, 1.82) is 0 Å². The molecule has 0 atom stereocenters. The van der Waals surface area contributed by atoms with Gasteiger partial charge >= 0.3 is 0 Å². The molecule has 2 aromatic rings. The number of para-hydroxylation sites is 1. The fourth-order valence-corrected chi connectivity index (χ4v) is 1.61. The zero-order valence-electron chi connectivity index (χ0n) is 6.59. The average Bonchev–Trinajstić information content (AvgIpc) is 2.57. The van der Waals surface area contributed by atoms with E-state index in [0.717, 1.165) is 5.69 Å². The first-order valence-corrected chi connectivity index (χ1v) is 4.57. The second-order valence-corrected chi connectivity index (χ2v) is 3.46. The summed E-state index contributed by atoms with van der Waals surface area (Å²) in [4.78, 5) is 0. The first kappa shape index (κ1) is 10.5. The van der Waals surface area contributed by atoms with Crippen LogP contribution in [0.3, 0.4) is 0 Å². The van der Waals surface area contributed by atoms with Crippen LogP contribution < -0.4 is 0 Å². The SMILES string of the molecule is Cl.Ic1ccccc1-n1ccnn1. The number of halogens is 2. The van der Waals surface area contributed by atoms with E-state index in [1.54, 1.807) is 10.9 Å². The normalized spacial score (nSPS) is 9.31. The van der Waals surface area contributed by atoms with Crippen molar-refractivity contribution in [3.63, 3.8) is 0 Å². The van der Waals surface area contributed by atoms with E-state index in [-0.39, 0.29) is 12.4 Å². The van der Waals surface area contributed by atoms with Gasteiger partial charge in [-0.2, -0.15) is 0 Å². The molecular weight excluding hydrogens is 300 g/mol. The standard InChI is InChI=1S/C8H6IN3.ClH/c9-7-3-1-2-4-8(7)12-6-5-10-11-12;/h1-6H;1H. The molecule has 0 fully saturated rings. The maximum absolute atomic E-state index is 3.91. The summed E-state index contributed by atoms with van der Waals surface area (Å²) in [5.74, 6) is 0. The summed E-state index contributed by atoms with van der Waals surface area (Å²) >= 11 is 2.27. The number of nitrogens with zero attached hydrogens (tertiary/aromatic N) is 3. The largest absolute Gasteiger partial charge is 0.220 e. The van der Waals surface area contributed by atoms with E-state index in [1.807, 2.05) is 30.5 Å². The second-order valence-electron chi connectivity index (χ2n) is 2.30. The van der Waals surface area contributed by atoms with E-state index in [0.29, 0.717) is 0 Å². The zero-order valence-corrected chi connectivity index (χ0v) is 9.57. The molecule has 5 heteroatoms. The monoisotopic (exact) mass is 307 g/mol. The molecule has 1 aromatic carbocycles. The molecule has 68 valence electrons. The first-order valence-electron chi connectivity index (χ1n) is 3.49. The highest BCUT2D eigenvalue weighted by atomic mass is 127. The Kier molecular flexibility index (Phi) is 3.68. The van der Waals surface area contributed by atoms with E-state index < -0.39 is 0 Å². The molecule has 3 nitrogen and oxygen atoms in total. The Labute approximate surface area is 95.7 Å². The summed E-state index contributed by atoms with van der Waals surface area (Å²) in [6, 6.07) is 8.04. The second kappa shape index (κ2) is 4.57. The Hall–Kier alpha value is -0.620. The first-order chi connectivity index (χ1) is 5.88. The Morgan fingerprint density at radius 2 is 2.00 bits per heavy atom. The van der Waals surface area contributed by atoms with Gasteiger partial charge < -0.3 is 0 Å². The molecule has 2 rings (SSSR count). The Balaban J connectivity index is 0.000000845. The summed E-state index contributed by atoms with van der Waals surface area (Å²) < 4.78 is 2.92. The van der Waals surface area contributed by atoms with Gasteiger partial charge in [0.25, 0.3) is 0 Å². The Morgan fingerprint density at radius 3 is 2.62 bits per heavy atom. The van der Waals surface area contributed by atoms with Crippen LogP contribution in [0.1, 0.15) is 0 Å². The van der Waals surface area contributed by atoms with Gasteiger partial charge in [0.2, 0.25) is 0 Å². The number of hydrogen-bond donors (Lipinski definition) is 0. The fraction of sp³-hybridized carbons (Fsp3) is 0. The third kappa shape index (κ3) is 2.19. The van der Waals surface area contributed by atoms with Crippen LogP contribution in [0.4, 0.5) is 0 Å². The molecule has 13 heavy (non-hydrogen) atoms. The topological polar surface area (TPSA) is 30.7 Å². The third-order valence-electron chi connectivity index (χ3n) is 1.52. The van der Waals surface area contributed by atoms with Crippen molar-refractivity contribution in [3.05, 3.63) is 40.2 Å². The van der Waals surface area contributed by atoms with E-state index in [4.69, 9.17) is 0 Å². The minimum Gasteiger partial charge on any atom is -0.220 e. The Morgan fingerprint density at radius 1 is 1.23 bits per heavy atom. The van der Waals surface area contributed by atoms with E-state index >= 15 is 0 Å². The van der Waals surface area contributed by atoms with Crippen molar-refractivity contribution in [2.24, 2.45) is 0 Å². The predicted octanol–water partition coefficient (Wildman–Crippen LogP) is 2.29. The summed E-state index contributed by atoms with van der Waals surface area (Å²) in [5, 5.41) is 7.66. The van der Waals surface area contributed by atoms with Gasteiger partial charge in [0, 0.05) is 3.57 Å². The molecule has 0 radical (unpaired) electrons. The van der Waals surface area contributed by atoms with Crippen LogP contribution in [0.2, 0.25) is 0 Å². The van der Waals surface area contributed by atoms with Crippen LogP contribution in [-0.4, -0.2) is 15.0 Å². The summed E-state index contributed by atoms with van der Waals surface area (Å²) in [5.41, 5.74) is 1.07. The van der Waals surface area contributed by atoms with E-state index in [2.05, 4.69) is 32.9 Å². The third-order valence-corrected chi connectivity index (χ3v) is 2.43. The van der Waals surface area contributed by atoms with Gasteiger partial charge in [-0.25, -0.2) is 4.68 Å². The van der Waals surface area contributed by atoms with Gasteiger partial charge in [0.15, 0.2) is 0 Å². The summed E-state index contributed by atoms with van der Waals surface area (Å²) in [6.45, 7) is 0. The molecule has 1 heterocycles. The highest BCUT2D eigenvalue weighted by Crippen LogP contribution is 2.14. The average molecular weight is 308 g/mol. The molecule has 0 spiro atoms. The minimum absolute atomic E-state index is 0. The predicted molar refractivity (Wildman–Crippen MR) is 61.3 cm³/mol. The molecule has 0 aliphatic carbocycles. The van der Waals surface area contributed by atoms with Crippen molar-refractivity contribution >= 4 is 35.0 Å². The van der Waals surface area contributed by atoms with Crippen LogP contribution in [0, 0.1) is 3.57 Å². The zero-order chi connectivity index (χ0) is 8.39. The molecule has 0 bridgehead atoms. The summed E-state index contributed by atoms with van der Waals surface area (Å²) in [7, 11) is 0. The molecular formula is C8H7ClIN3. The molecule has 0 aliphatic heterocycles. The van der Waals surface area contributed by atoms with Crippen molar-refractivity contribution in [2.75, 3.05) is 0 Å². The molecule has 0 unspecified atom stereocenters. The number of aromatic nitrogens is 3. The van der Waals surface area contributed by atoms with Crippen LogP contribution in [0.15, 0.2) is 36.7 Å². The van der Waals surface area contributed by atoms with Crippen molar-refractivity contribution in [3.8, 4) is 5.69 Å². The van der Waals surface area contributed by atoms with Crippen LogP contribution in [0.25, 0.3) is 5.69 Å². The van der Waals surface area contributed by atoms with Gasteiger partial charge in [-0.05, 0) is 34.7 Å². The lowest BCUT2D eigenvalue weighted by Crippen LogP contribution is -1.96. The van der Waals surface area contributed by atoms with E-state index in [9.17, 15) is 0 Å². The lowest BCUT2D eigenvalue weighted by Gasteiger charge is -2.01. The lowest BCUT2D eigenvalue weighted by molar-refractivity contribution is 0.800. The van der Waals surface area contributed by atoms with Crippen LogP contribution in [-0.2, 0) is 0 Å². The Bertz CT molecular complexity index is 375. The van der Waals surface area contributed by atoms with Crippen molar-refractivity contribution in [1.82, 2.24) is 15.0 Å². The van der Waals surface area contributed by atoms with Crippen LogP contribution >= 0.6 is 35.0 Å². The maximum Gasteiger partial charge on any atom is 0.0796 e. The number of hydrogen-bond acceptors (Lipinski definition) is 2. The van der Waals surface area contributed by atoms with Crippen LogP contribution in [0.5, 0.6) is 0 Å². The van der Waals surface area contributed by atoms with Gasteiger partial charge in [-0.1, -0.05) is 17.3 Å². The molecule has 0 saturated heterocycles. The highest BCUT2D eigenvalue weighted by Gasteiger charge is 1.99. The quantitative estimate of drug-likeness (QED) is 0.757. The van der Waals surface area contributed by atoms with Gasteiger partial charge in [-0.3, -0.25) is 0 Å². The molecule has 0 amide bonds. The minimum atomic E-state index is 0. The molecule has 0 N–H and O–H groups in total. The maximum atomic E-state index is 3.91. The molecule has 0 aliphatic rings. The lowest BCUT2D eigenvalue weighted by atomic mass is 10.3. The highest BCUT2D eigenvalue weighted by molar-refractivity contribution is 14.1. The molecule has 1 aromatic heterocycles. The molecule has 0 saturated carbocycles. The van der Waals surface area contributed by atoms with Gasteiger partial charge in [0.05, 0.1) is 18.1 Å². The summed E-state index contributed by atoms with van der Waals surface area (Å²) in [6.07, 6.45) is 3.50. The van der Waals surface area contributed by atoms with Crippen molar-refractivity contribution in [2.45, 2.75) is 0 Å². The number of benzene rings is 1. The van der Waals surface area contributed by atoms with E-state index in [1.165, 1.54) is 3.57 Å².